The fourth-order valence-electron chi connectivity index (χ4n) is 1.56. The summed E-state index contributed by atoms with van der Waals surface area (Å²) in [5.41, 5.74) is 1.51. The Kier molecular flexibility index (Phi) is 5.46. The minimum atomic E-state index is 0.113. The lowest BCUT2D eigenvalue weighted by atomic mass is 9.89. The smallest absolute Gasteiger partial charge is 0.101 e. The van der Waals surface area contributed by atoms with E-state index >= 15 is 0 Å². The molecule has 1 N–H and O–H groups in total. The van der Waals surface area contributed by atoms with Gasteiger partial charge in [-0.25, -0.2) is 0 Å². The van der Waals surface area contributed by atoms with E-state index in [4.69, 9.17) is 21.6 Å². The van der Waals surface area contributed by atoms with Gasteiger partial charge in [0.2, 0.25) is 0 Å². The quantitative estimate of drug-likeness (QED) is 0.854. The first-order valence-electron chi connectivity index (χ1n) is 5.91. The number of halogens is 1. The van der Waals surface area contributed by atoms with E-state index in [-0.39, 0.29) is 5.41 Å². The van der Waals surface area contributed by atoms with Crippen LogP contribution in [0.4, 0.5) is 5.69 Å². The number of methoxy groups -OCH3 is 1. The summed E-state index contributed by atoms with van der Waals surface area (Å²) in [7, 11) is 1.70. The lowest BCUT2D eigenvalue weighted by Crippen LogP contribution is -2.24. The Morgan fingerprint density at radius 3 is 2.78 bits per heavy atom. The highest BCUT2D eigenvalue weighted by Gasteiger charge is 2.17. The molecular weight excluding hydrogens is 248 g/mol. The van der Waals surface area contributed by atoms with Gasteiger partial charge in [-0.05, 0) is 30.0 Å². The maximum Gasteiger partial charge on any atom is 0.101 e. The summed E-state index contributed by atoms with van der Waals surface area (Å²) >= 11 is 5.86. The number of hydrogen-bond donors (Lipinski definition) is 1. The average Bonchev–Trinajstić information content (AvgIpc) is 2.35. The molecule has 1 rings (SSSR count). The van der Waals surface area contributed by atoms with Crippen molar-refractivity contribution in [3.05, 3.63) is 28.8 Å². The summed E-state index contributed by atoms with van der Waals surface area (Å²) < 4.78 is 5.09. The van der Waals surface area contributed by atoms with E-state index in [2.05, 4.69) is 25.2 Å². The van der Waals surface area contributed by atoms with Crippen LogP contribution in [-0.2, 0) is 4.74 Å². The van der Waals surface area contributed by atoms with E-state index < -0.39 is 0 Å². The maximum atomic E-state index is 9.05. The van der Waals surface area contributed by atoms with Crippen LogP contribution in [0, 0.1) is 16.7 Å². The zero-order valence-electron chi connectivity index (χ0n) is 11.1. The molecule has 0 amide bonds. The molecule has 0 unspecified atom stereocenters. The van der Waals surface area contributed by atoms with E-state index in [1.54, 1.807) is 19.2 Å². The van der Waals surface area contributed by atoms with Gasteiger partial charge in [0, 0.05) is 25.3 Å². The van der Waals surface area contributed by atoms with E-state index in [1.165, 1.54) is 0 Å². The summed E-state index contributed by atoms with van der Waals surface area (Å²) in [5, 5.41) is 12.9. The summed E-state index contributed by atoms with van der Waals surface area (Å²) in [6.45, 7) is 5.86. The second-order valence-corrected chi connectivity index (χ2v) is 5.50. The normalized spacial score (nSPS) is 11.1. The number of hydrogen-bond acceptors (Lipinski definition) is 3. The number of nitriles is 1. The molecule has 0 spiro atoms. The number of benzene rings is 1. The molecule has 1 aromatic rings. The van der Waals surface area contributed by atoms with Crippen LogP contribution in [0.2, 0.25) is 5.02 Å². The Morgan fingerprint density at radius 1 is 1.44 bits per heavy atom. The van der Waals surface area contributed by atoms with Crippen LogP contribution in [0.5, 0.6) is 0 Å². The molecule has 0 aliphatic heterocycles. The van der Waals surface area contributed by atoms with Crippen molar-refractivity contribution >= 4 is 17.3 Å². The number of nitrogens with zero attached hydrogens (tertiary/aromatic N) is 1. The first-order valence-corrected chi connectivity index (χ1v) is 6.29. The third-order valence-electron chi connectivity index (χ3n) is 2.84. The molecule has 0 saturated carbocycles. The molecule has 4 heteroatoms. The van der Waals surface area contributed by atoms with Gasteiger partial charge in [0.25, 0.3) is 0 Å². The van der Waals surface area contributed by atoms with Crippen molar-refractivity contribution in [1.29, 1.82) is 5.26 Å². The van der Waals surface area contributed by atoms with Gasteiger partial charge in [0.15, 0.2) is 0 Å². The van der Waals surface area contributed by atoms with Crippen molar-refractivity contribution in [2.24, 2.45) is 5.41 Å². The van der Waals surface area contributed by atoms with Crippen LogP contribution in [0.25, 0.3) is 0 Å². The van der Waals surface area contributed by atoms with Crippen molar-refractivity contribution in [2.75, 3.05) is 25.6 Å². The zero-order chi connectivity index (χ0) is 13.6. The molecule has 98 valence electrons. The Morgan fingerprint density at radius 2 is 2.17 bits per heavy atom. The number of ether oxygens (including phenoxy) is 1. The SMILES string of the molecule is COCCC(C)(C)CNc1ccc(Cl)cc1C#N. The van der Waals surface area contributed by atoms with E-state index in [1.807, 2.05) is 6.07 Å². The second kappa shape index (κ2) is 6.63. The Balaban J connectivity index is 2.66. The van der Waals surface area contributed by atoms with Crippen LogP contribution in [-0.4, -0.2) is 20.3 Å². The Hall–Kier alpha value is -1.24. The summed E-state index contributed by atoms with van der Waals surface area (Å²) in [6.07, 6.45) is 0.964. The average molecular weight is 267 g/mol. The van der Waals surface area contributed by atoms with Gasteiger partial charge in [-0.3, -0.25) is 0 Å². The molecule has 0 fully saturated rings. The second-order valence-electron chi connectivity index (χ2n) is 5.06. The molecule has 0 aliphatic carbocycles. The molecule has 0 bridgehead atoms. The highest BCUT2D eigenvalue weighted by atomic mass is 35.5. The predicted molar refractivity (Wildman–Crippen MR) is 74.9 cm³/mol. The van der Waals surface area contributed by atoms with Gasteiger partial charge in [-0.15, -0.1) is 0 Å². The van der Waals surface area contributed by atoms with Crippen LogP contribution in [0.1, 0.15) is 25.8 Å². The summed E-state index contributed by atoms with van der Waals surface area (Å²) in [4.78, 5) is 0. The highest BCUT2D eigenvalue weighted by molar-refractivity contribution is 6.30. The first kappa shape index (κ1) is 14.8. The number of nitrogens with one attached hydrogen (secondary N) is 1. The van der Waals surface area contributed by atoms with Gasteiger partial charge in [-0.1, -0.05) is 25.4 Å². The molecule has 0 heterocycles. The molecule has 18 heavy (non-hydrogen) atoms. The van der Waals surface area contributed by atoms with Crippen LogP contribution in [0.15, 0.2) is 18.2 Å². The molecule has 0 aromatic heterocycles. The predicted octanol–water partition coefficient (Wildman–Crippen LogP) is 3.69. The maximum absolute atomic E-state index is 9.05. The van der Waals surface area contributed by atoms with E-state index in [0.717, 1.165) is 25.3 Å². The Labute approximate surface area is 114 Å². The summed E-state index contributed by atoms with van der Waals surface area (Å²) in [5.74, 6) is 0. The van der Waals surface area contributed by atoms with Crippen LogP contribution >= 0.6 is 11.6 Å². The van der Waals surface area contributed by atoms with Crippen LogP contribution in [0.3, 0.4) is 0 Å². The third kappa shape index (κ3) is 4.56. The third-order valence-corrected chi connectivity index (χ3v) is 3.08. The van der Waals surface area contributed by atoms with Crippen molar-refractivity contribution < 1.29 is 4.74 Å². The molecule has 0 atom stereocenters. The van der Waals surface area contributed by atoms with Crippen molar-refractivity contribution in [3.63, 3.8) is 0 Å². The van der Waals surface area contributed by atoms with Gasteiger partial charge in [-0.2, -0.15) is 5.26 Å². The minimum absolute atomic E-state index is 0.113. The van der Waals surface area contributed by atoms with Crippen molar-refractivity contribution in [2.45, 2.75) is 20.3 Å². The lowest BCUT2D eigenvalue weighted by Gasteiger charge is -2.25. The fraction of sp³-hybridized carbons (Fsp3) is 0.500. The largest absolute Gasteiger partial charge is 0.385 e. The van der Waals surface area contributed by atoms with Gasteiger partial charge >= 0.3 is 0 Å². The molecule has 0 radical (unpaired) electrons. The highest BCUT2D eigenvalue weighted by Crippen LogP contribution is 2.24. The molecule has 3 nitrogen and oxygen atoms in total. The molecule has 0 saturated heterocycles. The summed E-state index contributed by atoms with van der Waals surface area (Å²) in [6, 6.07) is 7.44. The minimum Gasteiger partial charge on any atom is -0.385 e. The lowest BCUT2D eigenvalue weighted by molar-refractivity contribution is 0.157. The van der Waals surface area contributed by atoms with E-state index in [0.29, 0.717) is 10.6 Å². The standard InChI is InChI=1S/C14H19ClN2O/c1-14(2,6-7-18-3)10-17-13-5-4-12(15)8-11(13)9-16/h4-5,8,17H,6-7,10H2,1-3H3. The van der Waals surface area contributed by atoms with Crippen LogP contribution < -0.4 is 5.32 Å². The first-order chi connectivity index (χ1) is 8.48. The number of anilines is 1. The van der Waals surface area contributed by atoms with E-state index in [9.17, 15) is 0 Å². The Bertz CT molecular complexity index is 438. The molecular formula is C14H19ClN2O. The fourth-order valence-corrected chi connectivity index (χ4v) is 1.74. The topological polar surface area (TPSA) is 45.0 Å². The van der Waals surface area contributed by atoms with Crippen molar-refractivity contribution in [3.8, 4) is 6.07 Å². The van der Waals surface area contributed by atoms with Gasteiger partial charge in [0.05, 0.1) is 11.3 Å². The zero-order valence-corrected chi connectivity index (χ0v) is 11.8. The van der Waals surface area contributed by atoms with Gasteiger partial charge in [0.1, 0.15) is 6.07 Å². The molecule has 0 aliphatic rings. The number of rotatable bonds is 6. The van der Waals surface area contributed by atoms with Gasteiger partial charge < -0.3 is 10.1 Å². The monoisotopic (exact) mass is 266 g/mol. The van der Waals surface area contributed by atoms with Crippen molar-refractivity contribution in [1.82, 2.24) is 0 Å². The molecule has 1 aromatic carbocycles.